The Hall–Kier alpha value is -1.02. The van der Waals surface area contributed by atoms with Crippen LogP contribution in [0.3, 0.4) is 0 Å². The van der Waals surface area contributed by atoms with Gasteiger partial charge in [-0.25, -0.2) is 0 Å². The summed E-state index contributed by atoms with van der Waals surface area (Å²) in [4.78, 5) is 16.0. The van der Waals surface area contributed by atoms with Gasteiger partial charge in [-0.3, -0.25) is 9.79 Å². The SMILES string of the molecule is Cc1c(Cl)cccc1NC(=O)CCN=C(N)NC(C)(C)C.I. The highest BCUT2D eigenvalue weighted by atomic mass is 127. The number of rotatable bonds is 4. The molecule has 0 aliphatic rings. The molecule has 1 amide bonds. The quantitative estimate of drug-likeness (QED) is 0.383. The number of guanidine groups is 1. The summed E-state index contributed by atoms with van der Waals surface area (Å²) in [7, 11) is 0. The molecule has 0 saturated heterocycles. The Morgan fingerprint density at radius 1 is 1.36 bits per heavy atom. The minimum absolute atomic E-state index is 0. The van der Waals surface area contributed by atoms with E-state index in [9.17, 15) is 4.79 Å². The Morgan fingerprint density at radius 3 is 2.59 bits per heavy atom. The molecule has 4 N–H and O–H groups in total. The van der Waals surface area contributed by atoms with Crippen LogP contribution in [-0.4, -0.2) is 24.0 Å². The largest absolute Gasteiger partial charge is 0.370 e. The third-order valence-electron chi connectivity index (χ3n) is 2.67. The zero-order valence-electron chi connectivity index (χ0n) is 13.4. The summed E-state index contributed by atoms with van der Waals surface area (Å²) in [5.74, 6) is 0.224. The lowest BCUT2D eigenvalue weighted by Gasteiger charge is -2.20. The molecule has 22 heavy (non-hydrogen) atoms. The van der Waals surface area contributed by atoms with E-state index in [1.165, 1.54) is 0 Å². The molecule has 0 fully saturated rings. The summed E-state index contributed by atoms with van der Waals surface area (Å²) < 4.78 is 0. The van der Waals surface area contributed by atoms with Crippen LogP contribution in [0.2, 0.25) is 5.02 Å². The van der Waals surface area contributed by atoms with Gasteiger partial charge < -0.3 is 16.4 Å². The van der Waals surface area contributed by atoms with Gasteiger partial charge in [0.2, 0.25) is 5.91 Å². The molecule has 0 atom stereocenters. The van der Waals surface area contributed by atoms with Gasteiger partial charge in [-0.2, -0.15) is 0 Å². The van der Waals surface area contributed by atoms with Crippen molar-refractivity contribution in [3.8, 4) is 0 Å². The van der Waals surface area contributed by atoms with Crippen molar-refractivity contribution in [2.24, 2.45) is 10.7 Å². The predicted octanol–water partition coefficient (Wildman–Crippen LogP) is 3.30. The van der Waals surface area contributed by atoms with Crippen LogP contribution in [0.15, 0.2) is 23.2 Å². The van der Waals surface area contributed by atoms with Crippen molar-refractivity contribution in [3.63, 3.8) is 0 Å². The molecule has 0 spiro atoms. The molecule has 0 saturated carbocycles. The monoisotopic (exact) mass is 438 g/mol. The van der Waals surface area contributed by atoms with Crippen molar-refractivity contribution in [2.75, 3.05) is 11.9 Å². The van der Waals surface area contributed by atoms with Gasteiger partial charge in [0, 0.05) is 22.7 Å². The summed E-state index contributed by atoms with van der Waals surface area (Å²) in [6, 6.07) is 5.40. The Labute approximate surface area is 154 Å². The van der Waals surface area contributed by atoms with E-state index >= 15 is 0 Å². The second kappa shape index (κ2) is 9.19. The molecule has 124 valence electrons. The molecule has 0 aromatic heterocycles. The van der Waals surface area contributed by atoms with Gasteiger partial charge in [-0.15, -0.1) is 24.0 Å². The normalized spacial score (nSPS) is 11.6. The van der Waals surface area contributed by atoms with Gasteiger partial charge in [-0.05, 0) is 45.4 Å². The molecule has 0 radical (unpaired) electrons. The smallest absolute Gasteiger partial charge is 0.226 e. The number of carbonyl (C=O) groups excluding carboxylic acids is 1. The minimum atomic E-state index is -0.145. The Balaban J connectivity index is 0.00000441. The van der Waals surface area contributed by atoms with E-state index in [0.717, 1.165) is 11.3 Å². The van der Waals surface area contributed by atoms with E-state index in [0.29, 0.717) is 17.5 Å². The van der Waals surface area contributed by atoms with Crippen molar-refractivity contribution >= 4 is 53.1 Å². The summed E-state index contributed by atoms with van der Waals surface area (Å²) in [5, 5.41) is 6.49. The average Bonchev–Trinajstić information content (AvgIpc) is 2.32. The van der Waals surface area contributed by atoms with Crippen LogP contribution in [-0.2, 0) is 4.79 Å². The number of aliphatic imine (C=N–C) groups is 1. The Kier molecular flexibility index (Phi) is 8.77. The summed E-state index contributed by atoms with van der Waals surface area (Å²) in [6.07, 6.45) is 0.262. The van der Waals surface area contributed by atoms with Crippen LogP contribution < -0.4 is 16.4 Å². The molecule has 0 heterocycles. The van der Waals surface area contributed by atoms with Crippen molar-refractivity contribution in [2.45, 2.75) is 39.7 Å². The summed E-state index contributed by atoms with van der Waals surface area (Å²) in [6.45, 7) is 8.17. The van der Waals surface area contributed by atoms with E-state index in [-0.39, 0.29) is 41.8 Å². The molecule has 1 aromatic carbocycles. The van der Waals surface area contributed by atoms with Crippen LogP contribution in [0.5, 0.6) is 0 Å². The number of nitrogens with zero attached hydrogens (tertiary/aromatic N) is 1. The number of hydrogen-bond donors (Lipinski definition) is 3. The van der Waals surface area contributed by atoms with Crippen LogP contribution in [0, 0.1) is 6.92 Å². The van der Waals surface area contributed by atoms with E-state index < -0.39 is 0 Å². The highest BCUT2D eigenvalue weighted by molar-refractivity contribution is 14.0. The van der Waals surface area contributed by atoms with Crippen molar-refractivity contribution in [1.29, 1.82) is 0 Å². The number of benzene rings is 1. The minimum Gasteiger partial charge on any atom is -0.370 e. The number of nitrogens with two attached hydrogens (primary N) is 1. The third-order valence-corrected chi connectivity index (χ3v) is 3.08. The number of anilines is 1. The van der Waals surface area contributed by atoms with Crippen molar-refractivity contribution in [1.82, 2.24) is 5.32 Å². The van der Waals surface area contributed by atoms with Crippen LogP contribution in [0.1, 0.15) is 32.8 Å². The lowest BCUT2D eigenvalue weighted by atomic mass is 10.1. The molecule has 0 aliphatic heterocycles. The zero-order valence-corrected chi connectivity index (χ0v) is 16.5. The number of hydrogen-bond acceptors (Lipinski definition) is 2. The Morgan fingerprint density at radius 2 is 2.00 bits per heavy atom. The highest BCUT2D eigenvalue weighted by Crippen LogP contribution is 2.22. The number of nitrogens with one attached hydrogen (secondary N) is 2. The standard InChI is InChI=1S/C15H23ClN4O.HI/c1-10-11(16)6-5-7-12(10)19-13(21)8-9-18-14(17)20-15(2,3)4;/h5-7H,8-9H2,1-4H3,(H,19,21)(H3,17,18,20);1H. The Bertz CT molecular complexity index is 541. The fourth-order valence-electron chi connectivity index (χ4n) is 1.66. The molecule has 1 rings (SSSR count). The molecule has 0 bridgehead atoms. The number of halogens is 2. The first-order valence-electron chi connectivity index (χ1n) is 6.82. The average molecular weight is 439 g/mol. The fourth-order valence-corrected chi connectivity index (χ4v) is 1.83. The van der Waals surface area contributed by atoms with Crippen molar-refractivity contribution in [3.05, 3.63) is 28.8 Å². The van der Waals surface area contributed by atoms with Crippen molar-refractivity contribution < 1.29 is 4.79 Å². The van der Waals surface area contributed by atoms with E-state index in [1.54, 1.807) is 12.1 Å². The van der Waals surface area contributed by atoms with Gasteiger partial charge in [0.1, 0.15) is 0 Å². The first kappa shape index (κ1) is 21.0. The molecular formula is C15H24ClIN4O. The third kappa shape index (κ3) is 7.84. The maximum absolute atomic E-state index is 11.9. The van der Waals surface area contributed by atoms with E-state index in [4.69, 9.17) is 17.3 Å². The first-order valence-corrected chi connectivity index (χ1v) is 7.20. The van der Waals surface area contributed by atoms with Gasteiger partial charge >= 0.3 is 0 Å². The van der Waals surface area contributed by atoms with Gasteiger partial charge in [-0.1, -0.05) is 17.7 Å². The predicted molar refractivity (Wildman–Crippen MR) is 104 cm³/mol. The van der Waals surface area contributed by atoms with Gasteiger partial charge in [0.15, 0.2) is 5.96 Å². The fraction of sp³-hybridized carbons (Fsp3) is 0.467. The first-order chi connectivity index (χ1) is 9.69. The van der Waals surface area contributed by atoms with Gasteiger partial charge in [0.25, 0.3) is 0 Å². The number of amides is 1. The molecule has 0 unspecified atom stereocenters. The maximum Gasteiger partial charge on any atom is 0.226 e. The number of carbonyl (C=O) groups is 1. The molecule has 0 aliphatic carbocycles. The van der Waals surface area contributed by atoms with E-state index in [2.05, 4.69) is 15.6 Å². The summed E-state index contributed by atoms with van der Waals surface area (Å²) >= 11 is 6.01. The second-order valence-corrected chi connectivity index (χ2v) is 6.26. The zero-order chi connectivity index (χ0) is 16.0. The van der Waals surface area contributed by atoms with Crippen LogP contribution >= 0.6 is 35.6 Å². The maximum atomic E-state index is 11.9. The lowest BCUT2D eigenvalue weighted by molar-refractivity contribution is -0.116. The summed E-state index contributed by atoms with van der Waals surface area (Å²) in [5.41, 5.74) is 7.16. The molecule has 1 aromatic rings. The van der Waals surface area contributed by atoms with Crippen LogP contribution in [0.4, 0.5) is 5.69 Å². The molecule has 7 heteroatoms. The molecule has 5 nitrogen and oxygen atoms in total. The van der Waals surface area contributed by atoms with Gasteiger partial charge in [0.05, 0.1) is 6.54 Å². The van der Waals surface area contributed by atoms with E-state index in [1.807, 2.05) is 33.8 Å². The molecular weight excluding hydrogens is 415 g/mol. The topological polar surface area (TPSA) is 79.5 Å². The highest BCUT2D eigenvalue weighted by Gasteiger charge is 2.10. The second-order valence-electron chi connectivity index (χ2n) is 5.85. The van der Waals surface area contributed by atoms with Crippen LogP contribution in [0.25, 0.3) is 0 Å². The lowest BCUT2D eigenvalue weighted by Crippen LogP contribution is -2.45.